The fourth-order valence-electron chi connectivity index (χ4n) is 12.6. The Bertz CT molecular complexity index is 4530. The van der Waals surface area contributed by atoms with Crippen LogP contribution in [0.2, 0.25) is 0 Å². The maximum absolute atomic E-state index is 6.80. The molecule has 2 aliphatic rings. The summed E-state index contributed by atoms with van der Waals surface area (Å²) in [4.78, 5) is 5.03. The van der Waals surface area contributed by atoms with E-state index in [9.17, 15) is 0 Å². The van der Waals surface area contributed by atoms with Crippen molar-refractivity contribution >= 4 is 145 Å². The van der Waals surface area contributed by atoms with Crippen LogP contribution < -0.4 is 26.2 Å². The number of benzene rings is 11. The zero-order valence-electron chi connectivity index (χ0n) is 39.0. The van der Waals surface area contributed by atoms with Crippen LogP contribution in [0.1, 0.15) is 0 Å². The highest BCUT2D eigenvalue weighted by Crippen LogP contribution is 2.54. The topological polar surface area (TPSA) is 59.0 Å². The van der Waals surface area contributed by atoms with E-state index >= 15 is 0 Å². The van der Waals surface area contributed by atoms with Gasteiger partial charge in [0, 0.05) is 67.0 Å². The molecular formula is C66H37BN2O4. The van der Waals surface area contributed by atoms with Gasteiger partial charge < -0.3 is 27.5 Å². The van der Waals surface area contributed by atoms with E-state index in [1.807, 2.05) is 12.1 Å². The molecule has 2 aliphatic heterocycles. The Balaban J connectivity index is 1.05. The van der Waals surface area contributed by atoms with Gasteiger partial charge >= 0.3 is 0 Å². The molecule has 338 valence electrons. The first-order chi connectivity index (χ1) is 36.2. The highest BCUT2D eigenvalue weighted by Gasteiger charge is 2.46. The quantitative estimate of drug-likeness (QED) is 0.164. The van der Waals surface area contributed by atoms with E-state index in [4.69, 9.17) is 17.7 Å². The highest BCUT2D eigenvalue weighted by atomic mass is 16.3. The van der Waals surface area contributed by atoms with E-state index in [0.29, 0.717) is 0 Å². The molecule has 0 aliphatic carbocycles. The van der Waals surface area contributed by atoms with Crippen molar-refractivity contribution in [1.82, 2.24) is 0 Å². The summed E-state index contributed by atoms with van der Waals surface area (Å²) < 4.78 is 27.2. The van der Waals surface area contributed by atoms with Gasteiger partial charge in [0.05, 0.1) is 33.5 Å². The average Bonchev–Trinajstić information content (AvgIpc) is 4.23. The summed E-state index contributed by atoms with van der Waals surface area (Å²) in [6, 6.07) is 80.1. The molecule has 0 radical (unpaired) electrons. The Morgan fingerprint density at radius 3 is 1.11 bits per heavy atom. The first-order valence-corrected chi connectivity index (χ1v) is 24.8. The number of nitrogens with zero attached hydrogens (tertiary/aromatic N) is 2. The SMILES string of the molecule is c1ccc(-c2cc3c(cc2N2c4cccc5c4B(c4ccc6oc7ccccc7c6c42)c2ccc4oc6ccccc6c4c2N5c2cc4oc5ccccc5c4cc2-c2ccccc2)oc2ccccc23)cc1. The molecule has 73 heavy (non-hydrogen) atoms. The summed E-state index contributed by atoms with van der Waals surface area (Å²) >= 11 is 0. The van der Waals surface area contributed by atoms with Gasteiger partial charge in [0.2, 0.25) is 0 Å². The maximum atomic E-state index is 6.80. The maximum Gasteiger partial charge on any atom is 0.252 e. The first kappa shape index (κ1) is 39.1. The predicted molar refractivity (Wildman–Crippen MR) is 300 cm³/mol. The molecule has 7 heteroatoms. The molecule has 0 atom stereocenters. The lowest BCUT2D eigenvalue weighted by Crippen LogP contribution is -2.61. The van der Waals surface area contributed by atoms with E-state index in [2.05, 4.69) is 222 Å². The van der Waals surface area contributed by atoms with Crippen LogP contribution in [-0.4, -0.2) is 6.71 Å². The van der Waals surface area contributed by atoms with E-state index < -0.39 is 0 Å². The monoisotopic (exact) mass is 932 g/mol. The van der Waals surface area contributed by atoms with Crippen molar-refractivity contribution in [2.45, 2.75) is 0 Å². The molecule has 17 rings (SSSR count). The van der Waals surface area contributed by atoms with Crippen LogP contribution in [0.5, 0.6) is 0 Å². The summed E-state index contributed by atoms with van der Waals surface area (Å²) in [5, 5.41) is 8.56. The molecule has 11 aromatic carbocycles. The minimum absolute atomic E-state index is 0.204. The number of hydrogen-bond donors (Lipinski definition) is 0. The second-order valence-electron chi connectivity index (χ2n) is 19.4. The highest BCUT2D eigenvalue weighted by molar-refractivity contribution is 7.01. The van der Waals surface area contributed by atoms with Crippen molar-refractivity contribution in [3.05, 3.63) is 224 Å². The van der Waals surface area contributed by atoms with Crippen molar-refractivity contribution in [2.75, 3.05) is 9.80 Å². The van der Waals surface area contributed by atoms with E-state index in [0.717, 1.165) is 144 Å². The second kappa shape index (κ2) is 14.4. The fraction of sp³-hybridized carbons (Fsp3) is 0. The molecule has 0 unspecified atom stereocenters. The molecule has 0 fully saturated rings. The second-order valence-corrected chi connectivity index (χ2v) is 19.4. The lowest BCUT2D eigenvalue weighted by Gasteiger charge is -2.45. The zero-order chi connectivity index (χ0) is 47.5. The minimum Gasteiger partial charge on any atom is -0.456 e. The van der Waals surface area contributed by atoms with Crippen LogP contribution in [0.15, 0.2) is 242 Å². The van der Waals surface area contributed by atoms with Crippen LogP contribution >= 0.6 is 0 Å². The number of hydrogen-bond acceptors (Lipinski definition) is 6. The Kier molecular flexibility index (Phi) is 7.73. The Hall–Kier alpha value is -9.72. The largest absolute Gasteiger partial charge is 0.456 e. The van der Waals surface area contributed by atoms with Crippen LogP contribution in [0, 0.1) is 0 Å². The van der Waals surface area contributed by atoms with Gasteiger partial charge in [0.15, 0.2) is 0 Å². The Morgan fingerprint density at radius 1 is 0.274 bits per heavy atom. The molecule has 0 saturated carbocycles. The van der Waals surface area contributed by atoms with Crippen molar-refractivity contribution in [1.29, 1.82) is 0 Å². The molecular weight excluding hydrogens is 896 g/mol. The molecule has 0 saturated heterocycles. The third-order valence-corrected chi connectivity index (χ3v) is 15.6. The molecule has 0 N–H and O–H groups in total. The standard InChI is InChI=1S/C66H37BN2O4/c1-3-16-38(17-4-1)44-34-46-40-20-7-11-26-54(40)72-60(46)36-52(44)68-50-24-15-25-51-64(50)67(48-30-32-58-62(65(48)68)42-22-9-13-28-56(42)70-58)49-31-33-59-63(43-23-10-14-29-57(43)71-59)66(49)69(51)53-37-61-47(41-21-8-12-27-55(41)73-61)35-45(53)39-18-5-2-6-19-39/h1-37H. The zero-order valence-corrected chi connectivity index (χ0v) is 39.0. The van der Waals surface area contributed by atoms with Gasteiger partial charge in [-0.15, -0.1) is 0 Å². The lowest BCUT2D eigenvalue weighted by atomic mass is 9.33. The summed E-state index contributed by atoms with van der Waals surface area (Å²) in [6.07, 6.45) is 0. The molecule has 0 spiro atoms. The first-order valence-electron chi connectivity index (χ1n) is 24.8. The summed E-state index contributed by atoms with van der Waals surface area (Å²) in [6.45, 7) is -0.204. The van der Waals surface area contributed by atoms with Crippen LogP contribution in [0.3, 0.4) is 0 Å². The number of anilines is 6. The fourth-order valence-corrected chi connectivity index (χ4v) is 12.6. The minimum atomic E-state index is -0.204. The number of rotatable bonds is 4. The third-order valence-electron chi connectivity index (χ3n) is 15.6. The van der Waals surface area contributed by atoms with Crippen LogP contribution in [-0.2, 0) is 0 Å². The van der Waals surface area contributed by atoms with Crippen molar-refractivity contribution in [2.24, 2.45) is 0 Å². The molecule has 15 aromatic rings. The van der Waals surface area contributed by atoms with Gasteiger partial charge in [-0.1, -0.05) is 152 Å². The van der Waals surface area contributed by atoms with E-state index in [-0.39, 0.29) is 6.71 Å². The Morgan fingerprint density at radius 2 is 0.658 bits per heavy atom. The van der Waals surface area contributed by atoms with E-state index in [1.165, 1.54) is 16.4 Å². The van der Waals surface area contributed by atoms with Gasteiger partial charge in [-0.25, -0.2) is 0 Å². The molecule has 0 amide bonds. The number of furan rings is 4. The smallest absolute Gasteiger partial charge is 0.252 e. The number of para-hydroxylation sites is 4. The van der Waals surface area contributed by atoms with Crippen LogP contribution in [0.4, 0.5) is 34.1 Å². The number of fused-ring (bicyclic) bond motifs is 18. The molecule has 4 aromatic heterocycles. The summed E-state index contributed by atoms with van der Waals surface area (Å²) in [5.41, 5.74) is 20.9. The van der Waals surface area contributed by atoms with Crippen molar-refractivity contribution in [3.63, 3.8) is 0 Å². The van der Waals surface area contributed by atoms with E-state index in [1.54, 1.807) is 0 Å². The van der Waals surface area contributed by atoms with Crippen molar-refractivity contribution in [3.8, 4) is 22.3 Å². The van der Waals surface area contributed by atoms with Gasteiger partial charge in [-0.2, -0.15) is 0 Å². The molecule has 0 bridgehead atoms. The molecule has 6 heterocycles. The van der Waals surface area contributed by atoms with Gasteiger partial charge in [0.25, 0.3) is 6.71 Å². The van der Waals surface area contributed by atoms with Crippen molar-refractivity contribution < 1.29 is 17.7 Å². The predicted octanol–water partition coefficient (Wildman–Crippen LogP) is 16.7. The third kappa shape index (κ3) is 5.32. The van der Waals surface area contributed by atoms with Gasteiger partial charge in [0.1, 0.15) is 44.7 Å². The summed E-state index contributed by atoms with van der Waals surface area (Å²) in [5.74, 6) is 0. The van der Waals surface area contributed by atoms with Gasteiger partial charge in [-0.05, 0) is 88.2 Å². The van der Waals surface area contributed by atoms with Crippen LogP contribution in [0.25, 0.3) is 110 Å². The average molecular weight is 933 g/mol. The normalized spacial score (nSPS) is 13.1. The Labute approximate surface area is 417 Å². The van der Waals surface area contributed by atoms with Gasteiger partial charge in [-0.3, -0.25) is 0 Å². The summed E-state index contributed by atoms with van der Waals surface area (Å²) in [7, 11) is 0. The molecule has 6 nitrogen and oxygen atoms in total. The lowest BCUT2D eigenvalue weighted by molar-refractivity contribution is 0.668.